The Balaban J connectivity index is 2.16. The van der Waals surface area contributed by atoms with Gasteiger partial charge in [-0.2, -0.15) is 0 Å². The van der Waals surface area contributed by atoms with E-state index < -0.39 is 0 Å². The summed E-state index contributed by atoms with van der Waals surface area (Å²) >= 11 is 0. The van der Waals surface area contributed by atoms with Crippen LogP contribution in [0.3, 0.4) is 0 Å². The first-order valence-electron chi connectivity index (χ1n) is 4.67. The van der Waals surface area contributed by atoms with Crippen molar-refractivity contribution in [1.29, 1.82) is 0 Å². The maximum atomic E-state index is 9.13. The molecule has 0 bridgehead atoms. The average Bonchev–Trinajstić information content (AvgIpc) is 2.67. The van der Waals surface area contributed by atoms with Gasteiger partial charge in [-0.25, -0.2) is 0 Å². The molecule has 2 rings (SSSR count). The minimum absolute atomic E-state index is 0.242. The zero-order valence-electron chi connectivity index (χ0n) is 7.48. The average molecular weight is 178 g/mol. The lowest BCUT2D eigenvalue weighted by Crippen LogP contribution is -2.20. The Labute approximate surface area is 77.8 Å². The highest BCUT2D eigenvalue weighted by atomic mass is 16.3. The van der Waals surface area contributed by atoms with Crippen molar-refractivity contribution >= 4 is 0 Å². The van der Waals surface area contributed by atoms with Crippen molar-refractivity contribution in [3.63, 3.8) is 0 Å². The molecule has 2 heterocycles. The summed E-state index contributed by atoms with van der Waals surface area (Å²) in [4.78, 5) is 4.29. The Morgan fingerprint density at radius 2 is 2.46 bits per heavy atom. The van der Waals surface area contributed by atoms with Crippen LogP contribution in [0.2, 0.25) is 0 Å². The molecule has 3 heteroatoms. The fourth-order valence-electron chi connectivity index (χ4n) is 1.86. The third kappa shape index (κ3) is 1.71. The number of hydrogen-bond donors (Lipinski definition) is 2. The maximum Gasteiger partial charge on any atom is 0.0576 e. The fraction of sp³-hybridized carbons (Fsp3) is 0.500. The molecule has 3 nitrogen and oxygen atoms in total. The lowest BCUT2D eigenvalue weighted by Gasteiger charge is -2.16. The molecule has 0 amide bonds. The highest BCUT2D eigenvalue weighted by Crippen LogP contribution is 2.27. The first kappa shape index (κ1) is 8.66. The molecule has 2 N–H and O–H groups in total. The van der Waals surface area contributed by atoms with E-state index >= 15 is 0 Å². The van der Waals surface area contributed by atoms with Crippen LogP contribution in [0.1, 0.15) is 18.2 Å². The largest absolute Gasteiger partial charge is 0.396 e. The molecule has 1 aliphatic heterocycles. The maximum absolute atomic E-state index is 9.13. The van der Waals surface area contributed by atoms with Crippen LogP contribution in [-0.4, -0.2) is 23.2 Å². The molecule has 0 radical (unpaired) electrons. The normalized spacial score (nSPS) is 27.8. The number of aliphatic hydroxyl groups excluding tert-OH is 1. The molecule has 0 aliphatic carbocycles. The minimum Gasteiger partial charge on any atom is -0.396 e. The van der Waals surface area contributed by atoms with Crippen LogP contribution >= 0.6 is 0 Å². The lowest BCUT2D eigenvalue weighted by atomic mass is 9.99. The van der Waals surface area contributed by atoms with Gasteiger partial charge in [-0.3, -0.25) is 4.98 Å². The second-order valence-electron chi connectivity index (χ2n) is 3.42. The van der Waals surface area contributed by atoms with Crippen LogP contribution in [0.15, 0.2) is 24.4 Å². The summed E-state index contributed by atoms with van der Waals surface area (Å²) in [5.41, 5.74) is 1.04. The third-order valence-electron chi connectivity index (χ3n) is 2.59. The van der Waals surface area contributed by atoms with E-state index in [1.165, 1.54) is 0 Å². The van der Waals surface area contributed by atoms with E-state index in [4.69, 9.17) is 5.11 Å². The Kier molecular flexibility index (Phi) is 2.57. The van der Waals surface area contributed by atoms with E-state index in [1.54, 1.807) is 6.20 Å². The zero-order chi connectivity index (χ0) is 9.10. The SMILES string of the molecule is OCC1CCNC1c1ccccn1. The van der Waals surface area contributed by atoms with Gasteiger partial charge in [0.05, 0.1) is 11.7 Å². The monoisotopic (exact) mass is 178 g/mol. The van der Waals surface area contributed by atoms with Gasteiger partial charge >= 0.3 is 0 Å². The van der Waals surface area contributed by atoms with Crippen LogP contribution in [0, 0.1) is 5.92 Å². The van der Waals surface area contributed by atoms with Gasteiger partial charge in [-0.1, -0.05) is 6.07 Å². The van der Waals surface area contributed by atoms with Crippen molar-refractivity contribution in [3.05, 3.63) is 30.1 Å². The van der Waals surface area contributed by atoms with Gasteiger partial charge < -0.3 is 10.4 Å². The number of nitrogens with zero attached hydrogens (tertiary/aromatic N) is 1. The second kappa shape index (κ2) is 3.85. The number of aromatic nitrogens is 1. The summed E-state index contributed by atoms with van der Waals surface area (Å²) in [6.07, 6.45) is 2.83. The molecule has 2 unspecified atom stereocenters. The number of rotatable bonds is 2. The van der Waals surface area contributed by atoms with Gasteiger partial charge in [0.2, 0.25) is 0 Å². The first-order valence-corrected chi connectivity index (χ1v) is 4.67. The van der Waals surface area contributed by atoms with Gasteiger partial charge in [0.25, 0.3) is 0 Å². The van der Waals surface area contributed by atoms with Crippen LogP contribution < -0.4 is 5.32 Å². The Morgan fingerprint density at radius 1 is 1.54 bits per heavy atom. The van der Waals surface area contributed by atoms with Gasteiger partial charge in [0.15, 0.2) is 0 Å². The highest BCUT2D eigenvalue weighted by Gasteiger charge is 2.27. The molecule has 0 spiro atoms. The molecule has 0 saturated carbocycles. The highest BCUT2D eigenvalue weighted by molar-refractivity contribution is 5.11. The van der Waals surface area contributed by atoms with E-state index in [9.17, 15) is 0 Å². The van der Waals surface area contributed by atoms with Crippen molar-refractivity contribution in [2.45, 2.75) is 12.5 Å². The van der Waals surface area contributed by atoms with Crippen molar-refractivity contribution in [1.82, 2.24) is 10.3 Å². The molecule has 1 aliphatic rings. The number of hydrogen-bond acceptors (Lipinski definition) is 3. The quantitative estimate of drug-likeness (QED) is 0.701. The smallest absolute Gasteiger partial charge is 0.0576 e. The van der Waals surface area contributed by atoms with E-state index in [0.29, 0.717) is 5.92 Å². The molecule has 1 aromatic heterocycles. The number of pyridine rings is 1. The topological polar surface area (TPSA) is 45.1 Å². The van der Waals surface area contributed by atoms with E-state index in [-0.39, 0.29) is 12.6 Å². The lowest BCUT2D eigenvalue weighted by molar-refractivity contribution is 0.213. The molecule has 2 atom stereocenters. The van der Waals surface area contributed by atoms with Crippen molar-refractivity contribution < 1.29 is 5.11 Å². The van der Waals surface area contributed by atoms with Crippen molar-refractivity contribution in [3.8, 4) is 0 Å². The van der Waals surface area contributed by atoms with Gasteiger partial charge in [-0.05, 0) is 25.1 Å². The summed E-state index contributed by atoms with van der Waals surface area (Å²) in [5, 5.41) is 12.5. The number of nitrogens with one attached hydrogen (secondary N) is 1. The predicted molar refractivity (Wildman–Crippen MR) is 50.2 cm³/mol. The van der Waals surface area contributed by atoms with Gasteiger partial charge in [-0.15, -0.1) is 0 Å². The molecule has 70 valence electrons. The van der Waals surface area contributed by atoms with Crippen LogP contribution in [-0.2, 0) is 0 Å². The van der Waals surface area contributed by atoms with Crippen LogP contribution in [0.5, 0.6) is 0 Å². The molecule has 1 saturated heterocycles. The predicted octanol–water partition coefficient (Wildman–Crippen LogP) is 0.724. The van der Waals surface area contributed by atoms with Gasteiger partial charge in [0, 0.05) is 18.7 Å². The summed E-state index contributed by atoms with van der Waals surface area (Å²) in [6, 6.07) is 6.14. The van der Waals surface area contributed by atoms with Crippen molar-refractivity contribution in [2.75, 3.05) is 13.2 Å². The molecule has 0 aromatic carbocycles. The van der Waals surface area contributed by atoms with E-state index in [2.05, 4.69) is 10.3 Å². The molecule has 13 heavy (non-hydrogen) atoms. The molecule has 1 fully saturated rings. The van der Waals surface area contributed by atoms with Gasteiger partial charge in [0.1, 0.15) is 0 Å². The third-order valence-corrected chi connectivity index (χ3v) is 2.59. The molecule has 1 aromatic rings. The minimum atomic E-state index is 0.242. The van der Waals surface area contributed by atoms with Crippen LogP contribution in [0.4, 0.5) is 0 Å². The Bertz CT molecular complexity index is 263. The molecular weight excluding hydrogens is 164 g/mol. The standard InChI is InChI=1S/C10H14N2O/c13-7-8-4-6-12-10(8)9-3-1-2-5-11-9/h1-3,5,8,10,12-13H,4,6-7H2. The Hall–Kier alpha value is -0.930. The summed E-state index contributed by atoms with van der Waals surface area (Å²) < 4.78 is 0. The summed E-state index contributed by atoms with van der Waals surface area (Å²) in [7, 11) is 0. The van der Waals surface area contributed by atoms with E-state index in [0.717, 1.165) is 18.7 Å². The zero-order valence-corrected chi connectivity index (χ0v) is 7.48. The number of aliphatic hydroxyl groups is 1. The molecular formula is C10H14N2O. The van der Waals surface area contributed by atoms with E-state index in [1.807, 2.05) is 18.2 Å². The Morgan fingerprint density at radius 3 is 3.15 bits per heavy atom. The van der Waals surface area contributed by atoms with Crippen LogP contribution in [0.25, 0.3) is 0 Å². The summed E-state index contributed by atoms with van der Waals surface area (Å²) in [6.45, 7) is 1.22. The fourth-order valence-corrected chi connectivity index (χ4v) is 1.86. The first-order chi connectivity index (χ1) is 6.42. The summed E-state index contributed by atoms with van der Waals surface area (Å²) in [5.74, 6) is 0.329. The van der Waals surface area contributed by atoms with Crippen molar-refractivity contribution in [2.24, 2.45) is 5.92 Å². The second-order valence-corrected chi connectivity index (χ2v) is 3.42.